The Morgan fingerprint density at radius 3 is 2.04 bits per heavy atom. The summed E-state index contributed by atoms with van der Waals surface area (Å²) in [6, 6.07) is 13.0. The van der Waals surface area contributed by atoms with Gasteiger partial charge in [0.2, 0.25) is 0 Å². The molecule has 0 saturated carbocycles. The summed E-state index contributed by atoms with van der Waals surface area (Å²) >= 11 is 0. The van der Waals surface area contributed by atoms with E-state index >= 15 is 0 Å². The predicted molar refractivity (Wildman–Crippen MR) is 97.9 cm³/mol. The molecular weight excluding hydrogens is 356 g/mol. The first-order valence-electron chi connectivity index (χ1n) is 8.74. The van der Waals surface area contributed by atoms with E-state index in [2.05, 4.69) is 0 Å². The minimum atomic E-state index is -4.55. The molecule has 0 amide bonds. The topological polar surface area (TPSA) is 27.7 Å². The second-order valence-electron chi connectivity index (χ2n) is 7.58. The summed E-state index contributed by atoms with van der Waals surface area (Å²) in [4.78, 5) is 0. The van der Waals surface area contributed by atoms with Gasteiger partial charge in [-0.25, -0.2) is 0 Å². The average molecular weight is 378 g/mol. The zero-order chi connectivity index (χ0) is 19.9. The summed E-state index contributed by atoms with van der Waals surface area (Å²) in [6.45, 7) is 7.42. The van der Waals surface area contributed by atoms with Crippen LogP contribution >= 0.6 is 0 Å². The predicted octanol–water partition coefficient (Wildman–Crippen LogP) is 4.58. The lowest BCUT2D eigenvalue weighted by atomic mass is 9.77. The molecule has 1 fully saturated rings. The number of halogens is 3. The van der Waals surface area contributed by atoms with Crippen LogP contribution in [0.4, 0.5) is 13.2 Å². The molecule has 27 heavy (non-hydrogen) atoms. The summed E-state index contributed by atoms with van der Waals surface area (Å²) in [7, 11) is -0.942. The molecule has 3 nitrogen and oxygen atoms in total. The highest BCUT2D eigenvalue weighted by molar-refractivity contribution is 6.63. The molecule has 1 aliphatic heterocycles. The fourth-order valence-electron chi connectivity index (χ4n) is 2.82. The average Bonchev–Trinajstić information content (AvgIpc) is 2.80. The van der Waals surface area contributed by atoms with Crippen molar-refractivity contribution >= 4 is 12.6 Å². The molecular formula is C20H22BF3O3. The van der Waals surface area contributed by atoms with Gasteiger partial charge in [0.15, 0.2) is 0 Å². The lowest BCUT2D eigenvalue weighted by molar-refractivity contribution is -0.138. The maximum Gasteiger partial charge on any atom is 0.498 e. The summed E-state index contributed by atoms with van der Waals surface area (Å²) in [5.74, 6) is -0.257. The SMILES string of the molecule is CC1(C)OB(c2cccc(C(F)(F)F)c2OCc2ccccc2)OC1(C)C. The highest BCUT2D eigenvalue weighted by Gasteiger charge is 2.53. The van der Waals surface area contributed by atoms with Gasteiger partial charge in [-0.05, 0) is 39.3 Å². The van der Waals surface area contributed by atoms with Crippen LogP contribution < -0.4 is 10.2 Å². The molecule has 0 N–H and O–H groups in total. The van der Waals surface area contributed by atoms with Gasteiger partial charge in [0.1, 0.15) is 12.4 Å². The quantitative estimate of drug-likeness (QED) is 0.729. The molecule has 2 aromatic carbocycles. The van der Waals surface area contributed by atoms with E-state index in [1.165, 1.54) is 6.07 Å². The maximum absolute atomic E-state index is 13.6. The van der Waals surface area contributed by atoms with Crippen LogP contribution in [0.2, 0.25) is 0 Å². The van der Waals surface area contributed by atoms with E-state index in [0.29, 0.717) is 0 Å². The zero-order valence-electron chi connectivity index (χ0n) is 15.8. The molecule has 0 bridgehead atoms. The van der Waals surface area contributed by atoms with Crippen LogP contribution in [-0.4, -0.2) is 18.3 Å². The van der Waals surface area contributed by atoms with Crippen molar-refractivity contribution in [3.05, 3.63) is 59.7 Å². The number of alkyl halides is 3. The largest absolute Gasteiger partial charge is 0.498 e. The number of rotatable bonds is 4. The molecule has 2 aromatic rings. The first kappa shape index (κ1) is 19.8. The standard InChI is InChI=1S/C20H22BF3O3/c1-18(2)19(3,4)27-21(26-18)16-12-8-11-15(20(22,23)24)17(16)25-13-14-9-6-5-7-10-14/h5-12H,13H2,1-4H3. The number of benzene rings is 2. The lowest BCUT2D eigenvalue weighted by Gasteiger charge is -2.32. The molecule has 144 valence electrons. The molecule has 7 heteroatoms. The minimum absolute atomic E-state index is 0.0143. The van der Waals surface area contributed by atoms with Crippen molar-refractivity contribution in [3.8, 4) is 5.75 Å². The van der Waals surface area contributed by atoms with Gasteiger partial charge in [-0.15, -0.1) is 0 Å². The lowest BCUT2D eigenvalue weighted by Crippen LogP contribution is -2.41. The van der Waals surface area contributed by atoms with E-state index in [0.717, 1.165) is 11.6 Å². The van der Waals surface area contributed by atoms with Gasteiger partial charge in [0.05, 0.1) is 16.8 Å². The molecule has 0 aliphatic carbocycles. The van der Waals surface area contributed by atoms with Crippen LogP contribution in [-0.2, 0) is 22.1 Å². The maximum atomic E-state index is 13.6. The minimum Gasteiger partial charge on any atom is -0.489 e. The Balaban J connectivity index is 1.99. The fraction of sp³-hybridized carbons (Fsp3) is 0.400. The van der Waals surface area contributed by atoms with Gasteiger partial charge in [-0.3, -0.25) is 0 Å². The number of para-hydroxylation sites is 1. The fourth-order valence-corrected chi connectivity index (χ4v) is 2.82. The Labute approximate surface area is 157 Å². The van der Waals surface area contributed by atoms with E-state index in [-0.39, 0.29) is 17.8 Å². The van der Waals surface area contributed by atoms with Crippen molar-refractivity contribution in [2.75, 3.05) is 0 Å². The third-order valence-electron chi connectivity index (χ3n) is 5.08. The molecule has 0 aromatic heterocycles. The van der Waals surface area contributed by atoms with Crippen LogP contribution in [0.25, 0.3) is 0 Å². The van der Waals surface area contributed by atoms with Gasteiger partial charge >= 0.3 is 13.3 Å². The van der Waals surface area contributed by atoms with Crippen LogP contribution in [0.15, 0.2) is 48.5 Å². The van der Waals surface area contributed by atoms with Crippen molar-refractivity contribution in [2.24, 2.45) is 0 Å². The number of hydrogen-bond acceptors (Lipinski definition) is 3. The first-order chi connectivity index (χ1) is 12.5. The molecule has 1 aliphatic rings. The number of ether oxygens (including phenoxy) is 1. The van der Waals surface area contributed by atoms with Crippen molar-refractivity contribution in [1.29, 1.82) is 0 Å². The van der Waals surface area contributed by atoms with E-state index in [9.17, 15) is 13.2 Å². The Hall–Kier alpha value is -1.99. The van der Waals surface area contributed by atoms with E-state index in [1.807, 2.05) is 45.9 Å². The van der Waals surface area contributed by atoms with Gasteiger partial charge in [0, 0.05) is 5.46 Å². The zero-order valence-corrected chi connectivity index (χ0v) is 15.8. The summed E-state index contributed by atoms with van der Waals surface area (Å²) in [5, 5.41) is 0. The molecule has 0 unspecified atom stereocenters. The summed E-state index contributed by atoms with van der Waals surface area (Å²) in [6.07, 6.45) is -4.55. The molecule has 1 heterocycles. The van der Waals surface area contributed by atoms with E-state index in [1.54, 1.807) is 18.2 Å². The van der Waals surface area contributed by atoms with Crippen LogP contribution in [0.3, 0.4) is 0 Å². The Kier molecular flexibility index (Phi) is 5.03. The first-order valence-corrected chi connectivity index (χ1v) is 8.74. The third-order valence-corrected chi connectivity index (χ3v) is 5.08. The second-order valence-corrected chi connectivity index (χ2v) is 7.58. The summed E-state index contributed by atoms with van der Waals surface area (Å²) in [5.41, 5.74) is -1.16. The second kappa shape index (κ2) is 6.87. The van der Waals surface area contributed by atoms with Gasteiger partial charge in [-0.2, -0.15) is 13.2 Å². The van der Waals surface area contributed by atoms with Gasteiger partial charge in [-0.1, -0.05) is 42.5 Å². The summed E-state index contributed by atoms with van der Waals surface area (Å²) < 4.78 is 58.3. The normalized spacial score (nSPS) is 18.6. The number of hydrogen-bond donors (Lipinski definition) is 0. The van der Waals surface area contributed by atoms with Crippen molar-refractivity contribution in [3.63, 3.8) is 0 Å². The van der Waals surface area contributed by atoms with E-state index in [4.69, 9.17) is 14.0 Å². The van der Waals surface area contributed by atoms with Crippen LogP contribution in [0, 0.1) is 0 Å². The molecule has 3 rings (SSSR count). The third kappa shape index (κ3) is 3.99. The van der Waals surface area contributed by atoms with Gasteiger partial charge in [0.25, 0.3) is 0 Å². The Bertz CT molecular complexity index is 788. The highest BCUT2D eigenvalue weighted by atomic mass is 19.4. The van der Waals surface area contributed by atoms with Crippen molar-refractivity contribution < 1.29 is 27.2 Å². The van der Waals surface area contributed by atoms with E-state index < -0.39 is 30.1 Å². The van der Waals surface area contributed by atoms with Gasteiger partial charge < -0.3 is 14.0 Å². The van der Waals surface area contributed by atoms with Crippen LogP contribution in [0.5, 0.6) is 5.75 Å². The Morgan fingerprint density at radius 1 is 0.889 bits per heavy atom. The molecule has 1 saturated heterocycles. The highest BCUT2D eigenvalue weighted by Crippen LogP contribution is 2.40. The molecule has 0 spiro atoms. The smallest absolute Gasteiger partial charge is 0.489 e. The molecule has 0 atom stereocenters. The van der Waals surface area contributed by atoms with Crippen molar-refractivity contribution in [2.45, 2.75) is 51.7 Å². The van der Waals surface area contributed by atoms with Crippen molar-refractivity contribution in [1.82, 2.24) is 0 Å². The Morgan fingerprint density at radius 2 is 1.48 bits per heavy atom. The molecule has 0 radical (unpaired) electrons. The van der Waals surface area contributed by atoms with Crippen LogP contribution in [0.1, 0.15) is 38.8 Å². The monoisotopic (exact) mass is 378 g/mol.